The number of carbonyl (C=O) groups is 2. The summed E-state index contributed by atoms with van der Waals surface area (Å²) in [6, 6.07) is 6.40. The Morgan fingerprint density at radius 3 is 2.82 bits per heavy atom. The molecule has 7 heteroatoms. The molecule has 0 bridgehead atoms. The Kier molecular flexibility index (Phi) is 5.41. The molecule has 0 spiro atoms. The second kappa shape index (κ2) is 7.29. The zero-order valence-electron chi connectivity index (χ0n) is 12.1. The molecule has 1 aliphatic rings. The van der Waals surface area contributed by atoms with E-state index in [1.807, 2.05) is 4.90 Å². The average Bonchev–Trinajstić information content (AvgIpc) is 2.49. The SMILES string of the molecule is COC(=O)[C@H](c1ccccc1Cl)N1CCN/C(=C\C(=O)O)C1. The molecule has 1 saturated heterocycles. The summed E-state index contributed by atoms with van der Waals surface area (Å²) in [6.45, 7) is 1.41. The fourth-order valence-corrected chi connectivity index (χ4v) is 2.70. The molecule has 1 atom stereocenters. The highest BCUT2D eigenvalue weighted by Gasteiger charge is 2.32. The summed E-state index contributed by atoms with van der Waals surface area (Å²) >= 11 is 6.20. The molecule has 1 aromatic rings. The van der Waals surface area contributed by atoms with Crippen LogP contribution in [0.15, 0.2) is 36.0 Å². The number of ether oxygens (including phenoxy) is 1. The molecule has 2 rings (SSSR count). The van der Waals surface area contributed by atoms with Gasteiger partial charge in [0.2, 0.25) is 0 Å². The maximum Gasteiger partial charge on any atom is 0.330 e. The third-order valence-electron chi connectivity index (χ3n) is 3.41. The minimum Gasteiger partial charge on any atom is -0.478 e. The molecule has 6 nitrogen and oxygen atoms in total. The lowest BCUT2D eigenvalue weighted by Gasteiger charge is -2.35. The predicted molar refractivity (Wildman–Crippen MR) is 81.5 cm³/mol. The van der Waals surface area contributed by atoms with Crippen molar-refractivity contribution in [3.05, 3.63) is 46.6 Å². The van der Waals surface area contributed by atoms with Gasteiger partial charge in [-0.05, 0) is 11.6 Å². The number of rotatable bonds is 4. The van der Waals surface area contributed by atoms with Crippen molar-refractivity contribution in [3.63, 3.8) is 0 Å². The molecule has 0 unspecified atom stereocenters. The highest BCUT2D eigenvalue weighted by molar-refractivity contribution is 6.31. The first kappa shape index (κ1) is 16.3. The van der Waals surface area contributed by atoms with E-state index in [0.29, 0.717) is 35.9 Å². The van der Waals surface area contributed by atoms with E-state index >= 15 is 0 Å². The van der Waals surface area contributed by atoms with Gasteiger partial charge in [-0.3, -0.25) is 4.90 Å². The standard InChI is InChI=1S/C15H17ClN2O4/c1-22-15(21)14(11-4-2-3-5-12(11)16)18-7-6-17-10(9-18)8-13(19)20/h2-5,8,14,17H,6-7,9H2,1H3,(H,19,20)/b10-8-/t14-/m0/s1. The van der Waals surface area contributed by atoms with Gasteiger partial charge < -0.3 is 15.2 Å². The van der Waals surface area contributed by atoms with Crippen LogP contribution in [-0.4, -0.2) is 48.7 Å². The zero-order chi connectivity index (χ0) is 16.1. The molecule has 22 heavy (non-hydrogen) atoms. The Morgan fingerprint density at radius 2 is 2.18 bits per heavy atom. The number of hydrogen-bond donors (Lipinski definition) is 2. The summed E-state index contributed by atoms with van der Waals surface area (Å²) < 4.78 is 4.90. The lowest BCUT2D eigenvalue weighted by Crippen LogP contribution is -2.46. The smallest absolute Gasteiger partial charge is 0.330 e. The van der Waals surface area contributed by atoms with Crippen molar-refractivity contribution in [1.29, 1.82) is 0 Å². The number of nitrogens with zero attached hydrogens (tertiary/aromatic N) is 1. The third-order valence-corrected chi connectivity index (χ3v) is 3.76. The van der Waals surface area contributed by atoms with Crippen LogP contribution >= 0.6 is 11.6 Å². The average molecular weight is 325 g/mol. The van der Waals surface area contributed by atoms with E-state index in [9.17, 15) is 9.59 Å². The van der Waals surface area contributed by atoms with E-state index in [1.165, 1.54) is 7.11 Å². The molecule has 0 amide bonds. The Labute approximate surface area is 133 Å². The van der Waals surface area contributed by atoms with Crippen LogP contribution < -0.4 is 5.32 Å². The van der Waals surface area contributed by atoms with E-state index in [-0.39, 0.29) is 0 Å². The van der Waals surface area contributed by atoms with Gasteiger partial charge in [-0.2, -0.15) is 0 Å². The van der Waals surface area contributed by atoms with Gasteiger partial charge in [0.25, 0.3) is 0 Å². The van der Waals surface area contributed by atoms with Crippen molar-refractivity contribution >= 4 is 23.5 Å². The Balaban J connectivity index is 2.32. The van der Waals surface area contributed by atoms with Gasteiger partial charge in [-0.1, -0.05) is 29.8 Å². The van der Waals surface area contributed by atoms with Gasteiger partial charge in [0.1, 0.15) is 6.04 Å². The van der Waals surface area contributed by atoms with E-state index in [0.717, 1.165) is 6.08 Å². The summed E-state index contributed by atoms with van der Waals surface area (Å²) in [7, 11) is 1.32. The number of carboxylic acid groups (broad SMARTS) is 1. The number of carboxylic acids is 1. The number of piperazine rings is 1. The van der Waals surface area contributed by atoms with Crippen molar-refractivity contribution in [2.75, 3.05) is 26.7 Å². The summed E-state index contributed by atoms with van der Waals surface area (Å²) in [5.74, 6) is -1.46. The molecular formula is C15H17ClN2O4. The monoisotopic (exact) mass is 324 g/mol. The molecule has 0 aromatic heterocycles. The molecule has 1 aromatic carbocycles. The molecule has 0 radical (unpaired) electrons. The van der Waals surface area contributed by atoms with Gasteiger partial charge in [0.15, 0.2) is 0 Å². The van der Waals surface area contributed by atoms with E-state index < -0.39 is 18.0 Å². The number of methoxy groups -OCH3 is 1. The van der Waals surface area contributed by atoms with E-state index in [1.54, 1.807) is 24.3 Å². The van der Waals surface area contributed by atoms with Crippen LogP contribution in [0, 0.1) is 0 Å². The first-order chi connectivity index (χ1) is 10.5. The second-order valence-electron chi connectivity index (χ2n) is 4.85. The van der Waals surface area contributed by atoms with Crippen LogP contribution in [0.5, 0.6) is 0 Å². The fourth-order valence-electron chi connectivity index (χ4n) is 2.46. The van der Waals surface area contributed by atoms with Crippen molar-refractivity contribution in [3.8, 4) is 0 Å². The van der Waals surface area contributed by atoms with Gasteiger partial charge in [-0.25, -0.2) is 9.59 Å². The minimum absolute atomic E-state index is 0.303. The van der Waals surface area contributed by atoms with Crippen LogP contribution in [0.1, 0.15) is 11.6 Å². The lowest BCUT2D eigenvalue weighted by atomic mass is 10.0. The Hall–Kier alpha value is -2.05. The Bertz CT molecular complexity index is 603. The molecule has 2 N–H and O–H groups in total. The minimum atomic E-state index is -1.03. The molecule has 118 valence electrons. The van der Waals surface area contributed by atoms with Gasteiger partial charge in [0, 0.05) is 36.4 Å². The van der Waals surface area contributed by atoms with Crippen LogP contribution in [0.3, 0.4) is 0 Å². The number of halogens is 1. The van der Waals surface area contributed by atoms with Gasteiger partial charge in [-0.15, -0.1) is 0 Å². The number of carbonyl (C=O) groups excluding carboxylic acids is 1. The highest BCUT2D eigenvalue weighted by atomic mass is 35.5. The van der Waals surface area contributed by atoms with Crippen LogP contribution in [0.2, 0.25) is 5.02 Å². The summed E-state index contributed by atoms with van der Waals surface area (Å²) in [4.78, 5) is 24.9. The fraction of sp³-hybridized carbons (Fsp3) is 0.333. The van der Waals surface area contributed by atoms with Crippen LogP contribution in [0.4, 0.5) is 0 Å². The first-order valence-corrected chi connectivity index (χ1v) is 7.14. The van der Waals surface area contributed by atoms with Crippen LogP contribution in [-0.2, 0) is 14.3 Å². The van der Waals surface area contributed by atoms with E-state index in [2.05, 4.69) is 5.32 Å². The van der Waals surface area contributed by atoms with Gasteiger partial charge >= 0.3 is 11.9 Å². The number of benzene rings is 1. The van der Waals surface area contributed by atoms with Gasteiger partial charge in [0.05, 0.1) is 7.11 Å². The van der Waals surface area contributed by atoms with Crippen molar-refractivity contribution < 1.29 is 19.4 Å². The molecule has 1 heterocycles. The molecule has 0 saturated carbocycles. The largest absolute Gasteiger partial charge is 0.478 e. The van der Waals surface area contributed by atoms with Crippen LogP contribution in [0.25, 0.3) is 0 Å². The summed E-state index contributed by atoms with van der Waals surface area (Å²) in [6.07, 6.45) is 1.10. The predicted octanol–water partition coefficient (Wildman–Crippen LogP) is 1.43. The second-order valence-corrected chi connectivity index (χ2v) is 5.26. The molecule has 1 aliphatic heterocycles. The van der Waals surface area contributed by atoms with E-state index in [4.69, 9.17) is 21.4 Å². The number of nitrogens with one attached hydrogen (secondary N) is 1. The normalized spacial score (nSPS) is 18.5. The molecule has 1 fully saturated rings. The zero-order valence-corrected chi connectivity index (χ0v) is 12.8. The van der Waals surface area contributed by atoms with Crippen molar-refractivity contribution in [1.82, 2.24) is 10.2 Å². The van der Waals surface area contributed by atoms with Crippen molar-refractivity contribution in [2.45, 2.75) is 6.04 Å². The molecular weight excluding hydrogens is 308 g/mol. The quantitative estimate of drug-likeness (QED) is 0.644. The summed E-state index contributed by atoms with van der Waals surface area (Å²) in [5.41, 5.74) is 1.19. The first-order valence-electron chi connectivity index (χ1n) is 6.76. The topological polar surface area (TPSA) is 78.9 Å². The maximum atomic E-state index is 12.2. The summed E-state index contributed by atoms with van der Waals surface area (Å²) in [5, 5.41) is 12.3. The Morgan fingerprint density at radius 1 is 1.45 bits per heavy atom. The number of hydrogen-bond acceptors (Lipinski definition) is 5. The third kappa shape index (κ3) is 3.78. The van der Waals surface area contributed by atoms with Crippen molar-refractivity contribution in [2.24, 2.45) is 0 Å². The highest BCUT2D eigenvalue weighted by Crippen LogP contribution is 2.29. The number of aliphatic carboxylic acids is 1. The molecule has 0 aliphatic carbocycles. The maximum absolute atomic E-state index is 12.2. The lowest BCUT2D eigenvalue weighted by molar-refractivity contribution is -0.147. The number of esters is 1.